The number of halogens is 1. The fourth-order valence-corrected chi connectivity index (χ4v) is 5.04. The van der Waals surface area contributed by atoms with Crippen LogP contribution in [0.4, 0.5) is 10.5 Å². The SMILES string of the molecule is C[C@H]1C(=O)N(CCCCN2CCC3(CC3)[C@H](O)C2)CCN1C(=O)Nc1cccc(Cl)c1. The first-order chi connectivity index (χ1) is 14.9. The number of hydrogen-bond donors (Lipinski definition) is 2. The number of benzene rings is 1. The topological polar surface area (TPSA) is 76.1 Å². The number of likely N-dealkylation sites (tertiary alicyclic amines) is 1. The lowest BCUT2D eigenvalue weighted by molar-refractivity contribution is -0.139. The molecule has 3 aliphatic rings. The zero-order chi connectivity index (χ0) is 22.0. The van der Waals surface area contributed by atoms with E-state index in [1.165, 1.54) is 12.8 Å². The number of β-amino-alcohol motifs (C(OH)–C–C–N with tert-alkyl or cyclic N) is 1. The van der Waals surface area contributed by atoms with Crippen LogP contribution >= 0.6 is 11.6 Å². The highest BCUT2D eigenvalue weighted by molar-refractivity contribution is 6.30. The van der Waals surface area contributed by atoms with Gasteiger partial charge in [0.05, 0.1) is 6.10 Å². The number of carbonyl (C=O) groups is 2. The molecular weight excluding hydrogens is 416 g/mol. The second-order valence-corrected chi connectivity index (χ2v) is 9.71. The van der Waals surface area contributed by atoms with Gasteiger partial charge in [-0.05, 0) is 75.7 Å². The van der Waals surface area contributed by atoms with Crippen LogP contribution in [0.3, 0.4) is 0 Å². The summed E-state index contributed by atoms with van der Waals surface area (Å²) in [6.45, 7) is 6.40. The fourth-order valence-electron chi connectivity index (χ4n) is 4.85. The Morgan fingerprint density at radius 2 is 1.97 bits per heavy atom. The molecule has 1 aliphatic carbocycles. The summed E-state index contributed by atoms with van der Waals surface area (Å²) in [5.74, 6) is -0.00318. The van der Waals surface area contributed by atoms with E-state index in [0.29, 0.717) is 30.3 Å². The zero-order valence-corrected chi connectivity index (χ0v) is 19.0. The normalized spacial score (nSPS) is 25.7. The molecular formula is C23H33ClN4O3. The van der Waals surface area contributed by atoms with Gasteiger partial charge in [0.15, 0.2) is 0 Å². The highest BCUT2D eigenvalue weighted by Gasteiger charge is 2.51. The molecule has 0 bridgehead atoms. The van der Waals surface area contributed by atoms with Crippen LogP contribution in [0.1, 0.15) is 39.0 Å². The van der Waals surface area contributed by atoms with Gasteiger partial charge in [0, 0.05) is 36.9 Å². The van der Waals surface area contributed by atoms with Gasteiger partial charge in [0.25, 0.3) is 0 Å². The Morgan fingerprint density at radius 1 is 1.19 bits per heavy atom. The number of nitrogens with one attached hydrogen (secondary N) is 1. The number of hydrogen-bond acceptors (Lipinski definition) is 4. The van der Waals surface area contributed by atoms with Crippen molar-refractivity contribution in [2.45, 2.75) is 51.2 Å². The largest absolute Gasteiger partial charge is 0.391 e. The van der Waals surface area contributed by atoms with Crippen LogP contribution in [0.25, 0.3) is 0 Å². The van der Waals surface area contributed by atoms with Crippen LogP contribution in [0.15, 0.2) is 24.3 Å². The summed E-state index contributed by atoms with van der Waals surface area (Å²) in [5.41, 5.74) is 0.868. The van der Waals surface area contributed by atoms with Gasteiger partial charge in [-0.1, -0.05) is 17.7 Å². The first kappa shape index (κ1) is 22.4. The van der Waals surface area contributed by atoms with E-state index in [9.17, 15) is 14.7 Å². The van der Waals surface area contributed by atoms with E-state index in [-0.39, 0.29) is 23.5 Å². The number of rotatable bonds is 6. The van der Waals surface area contributed by atoms with Gasteiger partial charge in [-0.15, -0.1) is 0 Å². The van der Waals surface area contributed by atoms with Gasteiger partial charge in [0.1, 0.15) is 6.04 Å². The number of anilines is 1. The molecule has 4 rings (SSSR count). The summed E-state index contributed by atoms with van der Waals surface area (Å²) >= 11 is 5.98. The maximum Gasteiger partial charge on any atom is 0.322 e. The quantitative estimate of drug-likeness (QED) is 0.656. The molecule has 2 N–H and O–H groups in total. The van der Waals surface area contributed by atoms with Crippen molar-refractivity contribution in [3.63, 3.8) is 0 Å². The predicted octanol–water partition coefficient (Wildman–Crippen LogP) is 3.03. The van der Waals surface area contributed by atoms with Crippen molar-refractivity contribution in [2.75, 3.05) is 44.6 Å². The minimum absolute atomic E-state index is 0.00318. The Hall–Kier alpha value is -1.83. The molecule has 1 aromatic carbocycles. The summed E-state index contributed by atoms with van der Waals surface area (Å²) < 4.78 is 0. The molecule has 3 fully saturated rings. The summed E-state index contributed by atoms with van der Waals surface area (Å²) in [5, 5.41) is 13.7. The van der Waals surface area contributed by atoms with Crippen molar-refractivity contribution in [3.8, 4) is 0 Å². The van der Waals surface area contributed by atoms with Crippen LogP contribution in [0, 0.1) is 5.41 Å². The molecule has 1 aromatic rings. The third kappa shape index (κ3) is 5.16. The average molecular weight is 449 g/mol. The molecule has 1 saturated carbocycles. The van der Waals surface area contributed by atoms with Crippen molar-refractivity contribution < 1.29 is 14.7 Å². The monoisotopic (exact) mass is 448 g/mol. The fraction of sp³-hybridized carbons (Fsp3) is 0.652. The van der Waals surface area contributed by atoms with E-state index in [2.05, 4.69) is 10.2 Å². The van der Waals surface area contributed by atoms with E-state index >= 15 is 0 Å². The zero-order valence-electron chi connectivity index (χ0n) is 18.2. The van der Waals surface area contributed by atoms with E-state index in [1.54, 1.807) is 36.1 Å². The molecule has 2 saturated heterocycles. The maximum absolute atomic E-state index is 12.8. The van der Waals surface area contributed by atoms with Crippen LogP contribution in [0.2, 0.25) is 5.02 Å². The van der Waals surface area contributed by atoms with Crippen LogP contribution in [0.5, 0.6) is 0 Å². The van der Waals surface area contributed by atoms with Gasteiger partial charge < -0.3 is 25.1 Å². The molecule has 3 amide bonds. The van der Waals surface area contributed by atoms with Gasteiger partial charge in [0.2, 0.25) is 5.91 Å². The Kier molecular flexibility index (Phi) is 6.74. The molecule has 8 heteroatoms. The molecule has 2 atom stereocenters. The highest BCUT2D eigenvalue weighted by atomic mass is 35.5. The van der Waals surface area contributed by atoms with Crippen molar-refractivity contribution in [2.24, 2.45) is 5.41 Å². The second-order valence-electron chi connectivity index (χ2n) is 9.27. The summed E-state index contributed by atoms with van der Waals surface area (Å²) in [4.78, 5) is 31.2. The summed E-state index contributed by atoms with van der Waals surface area (Å²) in [7, 11) is 0. The number of urea groups is 1. The smallest absolute Gasteiger partial charge is 0.322 e. The molecule has 2 heterocycles. The van der Waals surface area contributed by atoms with Crippen LogP contribution in [-0.4, -0.2) is 83.2 Å². The molecule has 0 aromatic heterocycles. The Balaban J connectivity index is 1.18. The van der Waals surface area contributed by atoms with Crippen molar-refractivity contribution in [1.82, 2.24) is 14.7 Å². The molecule has 7 nitrogen and oxygen atoms in total. The minimum atomic E-state index is -0.486. The van der Waals surface area contributed by atoms with Gasteiger partial charge in [-0.3, -0.25) is 4.79 Å². The molecule has 2 aliphatic heterocycles. The van der Waals surface area contributed by atoms with E-state index in [0.717, 1.165) is 38.9 Å². The minimum Gasteiger partial charge on any atom is -0.391 e. The van der Waals surface area contributed by atoms with Gasteiger partial charge in [-0.25, -0.2) is 4.79 Å². The summed E-state index contributed by atoms with van der Waals surface area (Å²) in [6.07, 6.45) is 5.26. The number of unbranched alkanes of at least 4 members (excludes halogenated alkanes) is 1. The lowest BCUT2D eigenvalue weighted by Crippen LogP contribution is -2.58. The maximum atomic E-state index is 12.8. The third-order valence-electron chi connectivity index (χ3n) is 7.19. The average Bonchev–Trinajstić information content (AvgIpc) is 3.52. The number of amides is 3. The van der Waals surface area contributed by atoms with Gasteiger partial charge in [-0.2, -0.15) is 0 Å². The number of nitrogens with zero attached hydrogens (tertiary/aromatic N) is 3. The molecule has 170 valence electrons. The van der Waals surface area contributed by atoms with Gasteiger partial charge >= 0.3 is 6.03 Å². The standard InChI is InChI=1S/C23H33ClN4O3/c1-17-21(30)27(11-3-2-10-26-12-9-23(7-8-23)20(29)16-26)13-14-28(17)22(31)25-19-6-4-5-18(24)15-19/h4-6,15,17,20,29H,2-3,7-14,16H2,1H3,(H,25,31)/t17-,20+/m0/s1. The van der Waals surface area contributed by atoms with E-state index < -0.39 is 6.04 Å². The van der Waals surface area contributed by atoms with E-state index in [4.69, 9.17) is 11.6 Å². The van der Waals surface area contributed by atoms with E-state index in [1.807, 2.05) is 4.90 Å². The Morgan fingerprint density at radius 3 is 2.68 bits per heavy atom. The first-order valence-corrected chi connectivity index (χ1v) is 11.8. The Labute approximate surface area is 189 Å². The molecule has 0 unspecified atom stereocenters. The lowest BCUT2D eigenvalue weighted by atomic mass is 9.90. The number of piperazine rings is 1. The van der Waals surface area contributed by atoms with Crippen LogP contribution in [-0.2, 0) is 4.79 Å². The summed E-state index contributed by atoms with van der Waals surface area (Å²) in [6, 6.07) is 6.23. The number of carbonyl (C=O) groups excluding carboxylic acids is 2. The van der Waals surface area contributed by atoms with Crippen molar-refractivity contribution >= 4 is 29.2 Å². The number of aliphatic hydroxyl groups excluding tert-OH is 1. The lowest BCUT2D eigenvalue weighted by Gasteiger charge is -2.39. The molecule has 1 spiro atoms. The van der Waals surface area contributed by atoms with Crippen molar-refractivity contribution in [3.05, 3.63) is 29.3 Å². The first-order valence-electron chi connectivity index (χ1n) is 11.4. The van der Waals surface area contributed by atoms with Crippen molar-refractivity contribution in [1.29, 1.82) is 0 Å². The molecule has 0 radical (unpaired) electrons. The number of aliphatic hydroxyl groups is 1. The predicted molar refractivity (Wildman–Crippen MR) is 121 cm³/mol. The highest BCUT2D eigenvalue weighted by Crippen LogP contribution is 2.53. The number of piperidine rings is 1. The molecule has 31 heavy (non-hydrogen) atoms. The Bertz CT molecular complexity index is 816. The van der Waals surface area contributed by atoms with Crippen LogP contribution < -0.4 is 5.32 Å². The third-order valence-corrected chi connectivity index (χ3v) is 7.43. The second kappa shape index (κ2) is 9.35.